The minimum atomic E-state index is -0.133. The molecule has 4 rings (SSSR count). The van der Waals surface area contributed by atoms with Crippen molar-refractivity contribution in [1.82, 2.24) is 10.2 Å². The quantitative estimate of drug-likeness (QED) is 0.187. The van der Waals surface area contributed by atoms with Crippen LogP contribution in [-0.2, 0) is 14.9 Å². The van der Waals surface area contributed by atoms with Crippen LogP contribution in [0.1, 0.15) is 75.3 Å². The molecule has 2 heterocycles. The number of piperazine rings is 1. The molecular weight excluding hydrogens is 504 g/mol. The van der Waals surface area contributed by atoms with Gasteiger partial charge in [0.25, 0.3) is 0 Å². The summed E-state index contributed by atoms with van der Waals surface area (Å²) in [5.41, 5.74) is 2.41. The summed E-state index contributed by atoms with van der Waals surface area (Å²) in [6, 6.07) is 14.7. The molecule has 0 spiro atoms. The molecule has 222 valence electrons. The molecule has 7 nitrogen and oxygen atoms in total. The number of nitrogens with zero attached hydrogens (tertiary/aromatic N) is 1. The monoisotopic (exact) mass is 554 g/mol. The molecule has 2 aromatic rings. The Labute approximate surface area is 241 Å². The topological polar surface area (TPSA) is 61.4 Å². The van der Waals surface area contributed by atoms with Gasteiger partial charge in [-0.25, -0.2) is 0 Å². The second-order valence-corrected chi connectivity index (χ2v) is 11.4. The number of ether oxygens (including phenoxy) is 5. The van der Waals surface area contributed by atoms with Crippen molar-refractivity contribution < 1.29 is 23.7 Å². The van der Waals surface area contributed by atoms with Crippen LogP contribution in [0, 0.1) is 0 Å². The molecular formula is C33H50N2O5. The van der Waals surface area contributed by atoms with E-state index in [0.29, 0.717) is 12.5 Å². The van der Waals surface area contributed by atoms with Crippen molar-refractivity contribution in [3.05, 3.63) is 53.6 Å². The van der Waals surface area contributed by atoms with E-state index in [1.54, 1.807) is 14.2 Å². The average molecular weight is 555 g/mol. The van der Waals surface area contributed by atoms with E-state index in [9.17, 15) is 0 Å². The van der Waals surface area contributed by atoms with Crippen molar-refractivity contribution >= 4 is 0 Å². The van der Waals surface area contributed by atoms with Crippen LogP contribution in [-0.4, -0.2) is 72.0 Å². The highest BCUT2D eigenvalue weighted by Crippen LogP contribution is 2.50. The van der Waals surface area contributed by atoms with Crippen LogP contribution in [0.3, 0.4) is 0 Å². The molecule has 1 saturated heterocycles. The fourth-order valence-corrected chi connectivity index (χ4v) is 6.14. The number of rotatable bonds is 17. The highest BCUT2D eigenvalue weighted by molar-refractivity contribution is 5.48. The maximum atomic E-state index is 6.39. The van der Waals surface area contributed by atoms with Crippen LogP contribution in [0.2, 0.25) is 0 Å². The number of benzene rings is 2. The minimum absolute atomic E-state index is 0.133. The van der Waals surface area contributed by atoms with E-state index in [2.05, 4.69) is 35.3 Å². The normalized spacial score (nSPS) is 21.0. The predicted molar refractivity (Wildman–Crippen MR) is 160 cm³/mol. The van der Waals surface area contributed by atoms with Gasteiger partial charge in [0.05, 0.1) is 6.61 Å². The van der Waals surface area contributed by atoms with Crippen molar-refractivity contribution in [2.45, 2.75) is 69.6 Å². The van der Waals surface area contributed by atoms with Crippen LogP contribution in [0.25, 0.3) is 0 Å². The summed E-state index contributed by atoms with van der Waals surface area (Å²) in [7, 11) is 3.27. The molecule has 2 atom stereocenters. The molecule has 0 bridgehead atoms. The summed E-state index contributed by atoms with van der Waals surface area (Å²) in [5, 5.41) is 3.44. The molecule has 2 aromatic carbocycles. The standard InChI is InChI=1S/C33H50N2O5/c1-33(27-12-14-28(15-13-27)39-25-36-2)24-38-32-23-29(40-26-37-3)16-17-30(32)31(33)11-9-7-5-4-6-8-10-20-35-21-18-34-19-22-35/h12-17,23,31,34H,4-11,18-22,24-26H2,1-3H3. The van der Waals surface area contributed by atoms with Crippen molar-refractivity contribution in [2.24, 2.45) is 0 Å². The van der Waals surface area contributed by atoms with E-state index in [1.165, 1.54) is 75.7 Å². The van der Waals surface area contributed by atoms with Gasteiger partial charge in [0.2, 0.25) is 0 Å². The second-order valence-electron chi connectivity index (χ2n) is 11.4. The Morgan fingerprint density at radius 2 is 1.45 bits per heavy atom. The Balaban J connectivity index is 1.33. The third kappa shape index (κ3) is 8.59. The molecule has 1 N–H and O–H groups in total. The Hall–Kier alpha value is -2.32. The Morgan fingerprint density at radius 3 is 2.15 bits per heavy atom. The maximum Gasteiger partial charge on any atom is 0.188 e. The minimum Gasteiger partial charge on any atom is -0.492 e. The zero-order valence-electron chi connectivity index (χ0n) is 24.9. The van der Waals surface area contributed by atoms with Gasteiger partial charge in [-0.05, 0) is 48.7 Å². The molecule has 2 unspecified atom stereocenters. The number of unbranched alkanes of at least 4 members (excludes halogenated alkanes) is 6. The van der Waals surface area contributed by atoms with Crippen molar-refractivity contribution in [3.8, 4) is 17.2 Å². The smallest absolute Gasteiger partial charge is 0.188 e. The first-order chi connectivity index (χ1) is 19.6. The van der Waals surface area contributed by atoms with Gasteiger partial charge in [-0.1, -0.05) is 63.6 Å². The van der Waals surface area contributed by atoms with Gasteiger partial charge in [-0.15, -0.1) is 0 Å². The summed E-state index contributed by atoms with van der Waals surface area (Å²) in [6.45, 7) is 9.43. The molecule has 0 saturated carbocycles. The predicted octanol–water partition coefficient (Wildman–Crippen LogP) is 6.11. The summed E-state index contributed by atoms with van der Waals surface area (Å²) in [4.78, 5) is 2.60. The highest BCUT2D eigenvalue weighted by Gasteiger charge is 2.42. The van der Waals surface area contributed by atoms with Crippen molar-refractivity contribution in [1.29, 1.82) is 0 Å². The van der Waals surface area contributed by atoms with E-state index in [4.69, 9.17) is 23.7 Å². The number of hydrogen-bond donors (Lipinski definition) is 1. The van der Waals surface area contributed by atoms with E-state index in [-0.39, 0.29) is 19.0 Å². The zero-order chi connectivity index (χ0) is 28.0. The van der Waals surface area contributed by atoms with Gasteiger partial charge in [-0.2, -0.15) is 0 Å². The van der Waals surface area contributed by atoms with Gasteiger partial charge in [0.15, 0.2) is 13.6 Å². The second kappa shape index (κ2) is 16.2. The fourth-order valence-electron chi connectivity index (χ4n) is 6.14. The Kier molecular flexibility index (Phi) is 12.4. The molecule has 2 aliphatic rings. The largest absolute Gasteiger partial charge is 0.492 e. The third-order valence-electron chi connectivity index (χ3n) is 8.53. The van der Waals surface area contributed by atoms with Crippen LogP contribution in [0.5, 0.6) is 17.2 Å². The molecule has 1 fully saturated rings. The van der Waals surface area contributed by atoms with E-state index in [0.717, 1.165) is 36.8 Å². The zero-order valence-corrected chi connectivity index (χ0v) is 24.9. The number of fused-ring (bicyclic) bond motifs is 1. The molecule has 2 aliphatic heterocycles. The summed E-state index contributed by atoms with van der Waals surface area (Å²) >= 11 is 0. The number of methoxy groups -OCH3 is 2. The molecule has 0 amide bonds. The lowest BCUT2D eigenvalue weighted by Gasteiger charge is -2.43. The highest BCUT2D eigenvalue weighted by atomic mass is 16.7. The van der Waals surface area contributed by atoms with Crippen molar-refractivity contribution in [3.63, 3.8) is 0 Å². The first-order valence-corrected chi connectivity index (χ1v) is 15.2. The summed E-state index contributed by atoms with van der Waals surface area (Å²) in [5.74, 6) is 2.88. The molecule has 7 heteroatoms. The molecule has 40 heavy (non-hydrogen) atoms. The van der Waals surface area contributed by atoms with Crippen LogP contribution in [0.4, 0.5) is 0 Å². The van der Waals surface area contributed by atoms with Gasteiger partial charge in [-0.3, -0.25) is 0 Å². The lowest BCUT2D eigenvalue weighted by Crippen LogP contribution is -2.43. The van der Waals surface area contributed by atoms with E-state index >= 15 is 0 Å². The van der Waals surface area contributed by atoms with Crippen LogP contribution in [0.15, 0.2) is 42.5 Å². The average Bonchev–Trinajstić information content (AvgIpc) is 2.99. The third-order valence-corrected chi connectivity index (χ3v) is 8.53. The number of hydrogen-bond acceptors (Lipinski definition) is 7. The first-order valence-electron chi connectivity index (χ1n) is 15.2. The molecule has 0 aliphatic carbocycles. The van der Waals surface area contributed by atoms with Gasteiger partial charge in [0, 0.05) is 57.8 Å². The van der Waals surface area contributed by atoms with Crippen molar-refractivity contribution in [2.75, 3.05) is 67.1 Å². The summed E-state index contributed by atoms with van der Waals surface area (Å²) in [6.07, 6.45) is 10.3. The maximum absolute atomic E-state index is 6.39. The lowest BCUT2D eigenvalue weighted by molar-refractivity contribution is 0.0505. The molecule has 0 aromatic heterocycles. The van der Waals surface area contributed by atoms with E-state index < -0.39 is 0 Å². The van der Waals surface area contributed by atoms with Gasteiger partial charge >= 0.3 is 0 Å². The van der Waals surface area contributed by atoms with Gasteiger partial charge in [0.1, 0.15) is 17.2 Å². The Bertz CT molecular complexity index is 995. The number of nitrogens with one attached hydrogen (secondary N) is 1. The Morgan fingerprint density at radius 1 is 0.825 bits per heavy atom. The lowest BCUT2D eigenvalue weighted by atomic mass is 9.66. The SMILES string of the molecule is COCOc1ccc(C2(C)COc3cc(OCOC)ccc3C2CCCCCCCCCN2CCNCC2)cc1. The fraction of sp³-hybridized carbons (Fsp3) is 0.636. The van der Waals surface area contributed by atoms with Crippen LogP contribution >= 0.6 is 0 Å². The van der Waals surface area contributed by atoms with E-state index in [1.807, 2.05) is 24.3 Å². The molecule has 0 radical (unpaired) electrons. The van der Waals surface area contributed by atoms with Gasteiger partial charge < -0.3 is 33.9 Å². The first kappa shape index (κ1) is 30.6. The summed E-state index contributed by atoms with van der Waals surface area (Å²) < 4.78 is 27.9. The van der Waals surface area contributed by atoms with Crippen LogP contribution < -0.4 is 19.5 Å².